The molecule has 0 atom stereocenters. The molecule has 0 radical (unpaired) electrons. The second-order valence-corrected chi connectivity index (χ2v) is 2.92. The summed E-state index contributed by atoms with van der Waals surface area (Å²) in [6, 6.07) is 7.05. The summed E-state index contributed by atoms with van der Waals surface area (Å²) >= 11 is 0. The first kappa shape index (κ1) is 9.61. The molecule has 0 fully saturated rings. The number of nitrogens with zero attached hydrogens (tertiary/aromatic N) is 1. The Kier molecular flexibility index (Phi) is 2.60. The summed E-state index contributed by atoms with van der Waals surface area (Å²) in [6.45, 7) is 3.72. The first-order valence-electron chi connectivity index (χ1n) is 4.45. The number of aliphatic imine (C=N–C) groups is 1. The predicted octanol–water partition coefficient (Wildman–Crippen LogP) is 1.72. The molecule has 0 N–H and O–H groups in total. The fourth-order valence-corrected chi connectivity index (χ4v) is 1.27. The van der Waals surface area contributed by atoms with E-state index in [2.05, 4.69) is 11.6 Å². The summed E-state index contributed by atoms with van der Waals surface area (Å²) in [5.74, 6) is -0.0970. The van der Waals surface area contributed by atoms with Gasteiger partial charge in [-0.05, 0) is 12.1 Å². The Balaban J connectivity index is 2.18. The number of benzene rings is 1. The number of amides is 1. The molecule has 1 aromatic carbocycles. The van der Waals surface area contributed by atoms with Crippen molar-refractivity contribution in [3.63, 3.8) is 0 Å². The van der Waals surface area contributed by atoms with Gasteiger partial charge < -0.3 is 4.89 Å². The van der Waals surface area contributed by atoms with E-state index >= 15 is 0 Å². The third-order valence-electron chi connectivity index (χ3n) is 1.91. The Morgan fingerprint density at radius 1 is 1.33 bits per heavy atom. The van der Waals surface area contributed by atoms with E-state index in [1.807, 2.05) is 6.07 Å². The summed E-state index contributed by atoms with van der Waals surface area (Å²) < 4.78 is 0. The summed E-state index contributed by atoms with van der Waals surface area (Å²) in [5, 5.41) is 0. The largest absolute Gasteiger partial charge is 0.316 e. The van der Waals surface area contributed by atoms with Crippen LogP contribution in [0.1, 0.15) is 15.9 Å². The lowest BCUT2D eigenvalue weighted by Crippen LogP contribution is -2.05. The van der Waals surface area contributed by atoms with Gasteiger partial charge >= 0.3 is 0 Å². The minimum Gasteiger partial charge on any atom is -0.316 e. The van der Waals surface area contributed by atoms with Gasteiger partial charge in [-0.1, -0.05) is 18.2 Å². The van der Waals surface area contributed by atoms with E-state index in [9.17, 15) is 4.79 Å². The van der Waals surface area contributed by atoms with Gasteiger partial charge in [0.2, 0.25) is 0 Å². The predicted molar refractivity (Wildman–Crippen MR) is 54.5 cm³/mol. The molecule has 4 heteroatoms. The fraction of sp³-hybridized carbons (Fsp3) is 0.0909. The zero-order chi connectivity index (χ0) is 10.7. The molecule has 1 heterocycles. The van der Waals surface area contributed by atoms with Gasteiger partial charge in [0.1, 0.15) is 6.61 Å². The Bertz CT molecular complexity index is 437. The Hall–Kier alpha value is -1.94. The Morgan fingerprint density at radius 3 is 2.80 bits per heavy atom. The zero-order valence-corrected chi connectivity index (χ0v) is 7.97. The van der Waals surface area contributed by atoms with Crippen molar-refractivity contribution in [2.75, 3.05) is 6.61 Å². The van der Waals surface area contributed by atoms with E-state index in [1.54, 1.807) is 24.3 Å². The van der Waals surface area contributed by atoms with E-state index in [0.29, 0.717) is 11.1 Å². The van der Waals surface area contributed by atoms with E-state index in [-0.39, 0.29) is 18.4 Å². The summed E-state index contributed by atoms with van der Waals surface area (Å²) in [7, 11) is 0. The van der Waals surface area contributed by atoms with Gasteiger partial charge in [-0.2, -0.15) is 9.88 Å². The SMILES string of the molecule is C=CCOOC1=NC(=O)c2ccccc21. The molecule has 0 saturated carbocycles. The molecule has 1 aliphatic rings. The molecule has 0 aromatic heterocycles. The van der Waals surface area contributed by atoms with Crippen LogP contribution in [0.5, 0.6) is 0 Å². The Morgan fingerprint density at radius 2 is 2.07 bits per heavy atom. The van der Waals surface area contributed by atoms with Gasteiger partial charge in [-0.15, -0.1) is 6.58 Å². The van der Waals surface area contributed by atoms with Crippen molar-refractivity contribution in [1.82, 2.24) is 0 Å². The highest BCUT2D eigenvalue weighted by Crippen LogP contribution is 2.18. The van der Waals surface area contributed by atoms with E-state index < -0.39 is 0 Å². The second-order valence-electron chi connectivity index (χ2n) is 2.92. The summed E-state index contributed by atoms with van der Waals surface area (Å²) in [4.78, 5) is 24.8. The van der Waals surface area contributed by atoms with Gasteiger partial charge in [0.15, 0.2) is 0 Å². The molecule has 1 amide bonds. The van der Waals surface area contributed by atoms with Crippen LogP contribution in [-0.4, -0.2) is 18.4 Å². The van der Waals surface area contributed by atoms with Crippen molar-refractivity contribution in [2.45, 2.75) is 0 Å². The van der Waals surface area contributed by atoms with Crippen LogP contribution in [0.3, 0.4) is 0 Å². The maximum absolute atomic E-state index is 11.4. The van der Waals surface area contributed by atoms with Gasteiger partial charge in [0, 0.05) is 0 Å². The molecule has 0 saturated heterocycles. The standard InChI is InChI=1S/C11H9NO3/c1-2-7-14-15-11-9-6-4-3-5-8(9)10(13)12-11/h2-6H,1,7H2. The quantitative estimate of drug-likeness (QED) is 0.325. The summed E-state index contributed by atoms with van der Waals surface area (Å²) in [5.41, 5.74) is 1.20. The molecule has 0 bridgehead atoms. The van der Waals surface area contributed by atoms with Crippen LogP contribution in [0.15, 0.2) is 41.9 Å². The topological polar surface area (TPSA) is 47.9 Å². The van der Waals surface area contributed by atoms with Gasteiger partial charge in [0.05, 0.1) is 11.1 Å². The van der Waals surface area contributed by atoms with Crippen LogP contribution >= 0.6 is 0 Å². The van der Waals surface area contributed by atoms with Crippen molar-refractivity contribution in [3.05, 3.63) is 48.0 Å². The average Bonchev–Trinajstić information content (AvgIpc) is 2.58. The van der Waals surface area contributed by atoms with Crippen molar-refractivity contribution < 1.29 is 14.6 Å². The average molecular weight is 203 g/mol. The molecule has 1 aliphatic heterocycles. The normalized spacial score (nSPS) is 13.3. The third-order valence-corrected chi connectivity index (χ3v) is 1.91. The highest BCUT2D eigenvalue weighted by molar-refractivity contribution is 6.18. The zero-order valence-electron chi connectivity index (χ0n) is 7.97. The first-order valence-corrected chi connectivity index (χ1v) is 4.45. The minimum absolute atomic E-state index is 0.206. The molecule has 2 rings (SSSR count). The maximum Gasteiger partial charge on any atom is 0.281 e. The number of hydrogen-bond acceptors (Lipinski definition) is 3. The number of rotatable bonds is 3. The van der Waals surface area contributed by atoms with Crippen molar-refractivity contribution in [3.8, 4) is 0 Å². The van der Waals surface area contributed by atoms with Crippen molar-refractivity contribution in [1.29, 1.82) is 0 Å². The number of hydrogen-bond donors (Lipinski definition) is 0. The molecule has 0 unspecified atom stereocenters. The van der Waals surface area contributed by atoms with Crippen LogP contribution in [0.2, 0.25) is 0 Å². The molecule has 76 valence electrons. The minimum atomic E-state index is -0.303. The number of fused-ring (bicyclic) bond motifs is 1. The maximum atomic E-state index is 11.4. The molecule has 4 nitrogen and oxygen atoms in total. The molecule has 0 spiro atoms. The highest BCUT2D eigenvalue weighted by Gasteiger charge is 2.24. The van der Waals surface area contributed by atoms with Gasteiger partial charge in [-0.25, -0.2) is 0 Å². The monoisotopic (exact) mass is 203 g/mol. The van der Waals surface area contributed by atoms with Crippen LogP contribution in [-0.2, 0) is 9.78 Å². The fourth-order valence-electron chi connectivity index (χ4n) is 1.27. The van der Waals surface area contributed by atoms with Crippen LogP contribution in [0.4, 0.5) is 0 Å². The van der Waals surface area contributed by atoms with E-state index in [4.69, 9.17) is 9.78 Å². The molecule has 0 aliphatic carbocycles. The van der Waals surface area contributed by atoms with Crippen LogP contribution < -0.4 is 0 Å². The van der Waals surface area contributed by atoms with Crippen molar-refractivity contribution in [2.24, 2.45) is 4.99 Å². The molecule has 1 aromatic rings. The van der Waals surface area contributed by atoms with Crippen LogP contribution in [0, 0.1) is 0 Å². The summed E-state index contributed by atoms with van der Waals surface area (Å²) in [6.07, 6.45) is 1.54. The van der Waals surface area contributed by atoms with Gasteiger partial charge in [-0.3, -0.25) is 4.79 Å². The lowest BCUT2D eigenvalue weighted by molar-refractivity contribution is -0.210. The van der Waals surface area contributed by atoms with Crippen LogP contribution in [0.25, 0.3) is 0 Å². The Labute approximate surface area is 86.8 Å². The van der Waals surface area contributed by atoms with E-state index in [0.717, 1.165) is 0 Å². The number of carbonyl (C=O) groups is 1. The first-order chi connectivity index (χ1) is 7.33. The molecular formula is C11H9NO3. The van der Waals surface area contributed by atoms with Crippen molar-refractivity contribution >= 4 is 11.8 Å². The smallest absolute Gasteiger partial charge is 0.281 e. The third kappa shape index (κ3) is 1.80. The lowest BCUT2D eigenvalue weighted by atomic mass is 10.1. The van der Waals surface area contributed by atoms with Gasteiger partial charge in [0.25, 0.3) is 11.8 Å². The molecule has 15 heavy (non-hydrogen) atoms. The number of carbonyl (C=O) groups excluding carboxylic acids is 1. The lowest BCUT2D eigenvalue weighted by Gasteiger charge is -2.02. The molecular weight excluding hydrogens is 194 g/mol. The highest BCUT2D eigenvalue weighted by atomic mass is 17.2. The second kappa shape index (κ2) is 4.06. The van der Waals surface area contributed by atoms with E-state index in [1.165, 1.54) is 0 Å².